The van der Waals surface area contributed by atoms with E-state index in [9.17, 15) is 4.79 Å². The van der Waals surface area contributed by atoms with Crippen LogP contribution in [-0.4, -0.2) is 12.0 Å². The Bertz CT molecular complexity index is 667. The topological polar surface area (TPSA) is 38.3 Å². The zero-order valence-electron chi connectivity index (χ0n) is 15.0. The molecule has 2 atom stereocenters. The van der Waals surface area contributed by atoms with Crippen LogP contribution in [0.1, 0.15) is 49.4 Å². The number of aryl methyl sites for hydroxylation is 2. The number of carbonyl (C=O) groups is 1. The van der Waals surface area contributed by atoms with Gasteiger partial charge in [-0.15, -0.1) is 0 Å². The van der Waals surface area contributed by atoms with Gasteiger partial charge in [0.25, 0.3) is 5.91 Å². The van der Waals surface area contributed by atoms with Crippen LogP contribution in [0.15, 0.2) is 48.5 Å². The first-order valence-corrected chi connectivity index (χ1v) is 8.64. The molecule has 1 amide bonds. The van der Waals surface area contributed by atoms with Crippen molar-refractivity contribution in [3.63, 3.8) is 0 Å². The van der Waals surface area contributed by atoms with Crippen LogP contribution >= 0.6 is 0 Å². The number of benzene rings is 2. The summed E-state index contributed by atoms with van der Waals surface area (Å²) in [6.07, 6.45) is 0.989. The van der Waals surface area contributed by atoms with Gasteiger partial charge in [-0.05, 0) is 49.4 Å². The molecule has 24 heavy (non-hydrogen) atoms. The molecule has 0 saturated heterocycles. The lowest BCUT2D eigenvalue weighted by atomic mass is 10.0. The minimum absolute atomic E-state index is 0.00922. The number of nitrogens with one attached hydrogen (secondary N) is 1. The first-order valence-electron chi connectivity index (χ1n) is 8.64. The van der Waals surface area contributed by atoms with Gasteiger partial charge in [0.15, 0.2) is 6.10 Å². The van der Waals surface area contributed by atoms with Gasteiger partial charge < -0.3 is 10.1 Å². The Morgan fingerprint density at radius 3 is 2.38 bits per heavy atom. The van der Waals surface area contributed by atoms with Crippen molar-refractivity contribution in [2.24, 2.45) is 0 Å². The molecule has 0 saturated carbocycles. The molecule has 2 rings (SSSR count). The zero-order valence-corrected chi connectivity index (χ0v) is 15.0. The van der Waals surface area contributed by atoms with E-state index in [0.29, 0.717) is 6.42 Å². The fourth-order valence-electron chi connectivity index (χ4n) is 2.68. The maximum absolute atomic E-state index is 12.7. The molecule has 3 heteroatoms. The Morgan fingerprint density at radius 2 is 1.75 bits per heavy atom. The van der Waals surface area contributed by atoms with E-state index in [2.05, 4.69) is 12.2 Å². The summed E-state index contributed by atoms with van der Waals surface area (Å²) in [6, 6.07) is 16.1. The monoisotopic (exact) mass is 325 g/mol. The van der Waals surface area contributed by atoms with E-state index >= 15 is 0 Å². The van der Waals surface area contributed by atoms with Crippen molar-refractivity contribution in [1.29, 1.82) is 0 Å². The maximum atomic E-state index is 12.7. The highest BCUT2D eigenvalue weighted by Crippen LogP contribution is 2.22. The number of carbonyl (C=O) groups excluding carboxylic acids is 1. The van der Waals surface area contributed by atoms with E-state index in [0.717, 1.165) is 28.9 Å². The molecule has 0 heterocycles. The molecule has 0 aliphatic heterocycles. The van der Waals surface area contributed by atoms with E-state index in [1.165, 1.54) is 0 Å². The second-order valence-corrected chi connectivity index (χ2v) is 6.16. The number of rotatable bonds is 7. The first kappa shape index (κ1) is 18.1. The summed E-state index contributed by atoms with van der Waals surface area (Å²) in [4.78, 5) is 12.7. The van der Waals surface area contributed by atoms with Crippen molar-refractivity contribution in [3.05, 3.63) is 65.2 Å². The van der Waals surface area contributed by atoms with Crippen LogP contribution in [0.4, 0.5) is 0 Å². The Morgan fingerprint density at radius 1 is 1.04 bits per heavy atom. The van der Waals surface area contributed by atoms with Gasteiger partial charge >= 0.3 is 0 Å². The molecule has 0 aliphatic rings. The molecule has 0 bridgehead atoms. The summed E-state index contributed by atoms with van der Waals surface area (Å²) >= 11 is 0. The van der Waals surface area contributed by atoms with Crippen LogP contribution < -0.4 is 10.1 Å². The molecular formula is C21H27NO2. The average Bonchev–Trinajstić information content (AvgIpc) is 2.60. The minimum atomic E-state index is -0.483. The molecule has 0 aliphatic carbocycles. The van der Waals surface area contributed by atoms with Crippen molar-refractivity contribution in [3.8, 4) is 5.75 Å². The molecule has 0 spiro atoms. The SMILES string of the molecule is CC[C@H](Oc1cc(C)ccc1C)C(=O)N[C@H](CC)c1ccccc1. The van der Waals surface area contributed by atoms with Gasteiger partial charge in [-0.25, -0.2) is 0 Å². The summed E-state index contributed by atoms with van der Waals surface area (Å²) in [5.74, 6) is 0.721. The Balaban J connectivity index is 2.09. The second kappa shape index (κ2) is 8.53. The van der Waals surface area contributed by atoms with E-state index in [4.69, 9.17) is 4.74 Å². The summed E-state index contributed by atoms with van der Waals surface area (Å²) in [7, 11) is 0. The van der Waals surface area contributed by atoms with Gasteiger partial charge in [-0.1, -0.05) is 56.3 Å². The highest BCUT2D eigenvalue weighted by molar-refractivity contribution is 5.81. The molecule has 1 N–H and O–H groups in total. The van der Waals surface area contributed by atoms with Gasteiger partial charge in [0, 0.05) is 0 Å². The molecule has 2 aromatic rings. The predicted octanol–water partition coefficient (Wildman–Crippen LogP) is 4.73. The van der Waals surface area contributed by atoms with Crippen molar-refractivity contribution in [2.45, 2.75) is 52.7 Å². The number of ether oxygens (including phenoxy) is 1. The Kier molecular flexibility index (Phi) is 6.42. The van der Waals surface area contributed by atoms with Crippen LogP contribution in [0.25, 0.3) is 0 Å². The molecule has 2 aromatic carbocycles. The first-order chi connectivity index (χ1) is 11.5. The molecule has 3 nitrogen and oxygen atoms in total. The summed E-state index contributed by atoms with van der Waals surface area (Å²) in [5.41, 5.74) is 3.29. The summed E-state index contributed by atoms with van der Waals surface area (Å²) in [6.45, 7) is 8.07. The highest BCUT2D eigenvalue weighted by atomic mass is 16.5. The highest BCUT2D eigenvalue weighted by Gasteiger charge is 2.22. The van der Waals surface area contributed by atoms with Gasteiger partial charge in [-0.2, -0.15) is 0 Å². The second-order valence-electron chi connectivity index (χ2n) is 6.16. The third-order valence-corrected chi connectivity index (χ3v) is 4.20. The van der Waals surface area contributed by atoms with Crippen LogP contribution in [0.3, 0.4) is 0 Å². The van der Waals surface area contributed by atoms with Gasteiger partial charge in [-0.3, -0.25) is 4.79 Å². The normalized spacial score (nSPS) is 13.2. The van der Waals surface area contributed by atoms with Crippen molar-refractivity contribution < 1.29 is 9.53 Å². The van der Waals surface area contributed by atoms with Crippen LogP contribution in [0, 0.1) is 13.8 Å². The van der Waals surface area contributed by atoms with Crippen LogP contribution in [0.5, 0.6) is 5.75 Å². The number of hydrogen-bond acceptors (Lipinski definition) is 2. The Labute approximate surface area is 145 Å². The smallest absolute Gasteiger partial charge is 0.261 e. The fraction of sp³-hybridized carbons (Fsp3) is 0.381. The van der Waals surface area contributed by atoms with E-state index in [1.807, 2.05) is 69.3 Å². The van der Waals surface area contributed by atoms with Crippen LogP contribution in [0.2, 0.25) is 0 Å². The molecule has 0 fully saturated rings. The largest absolute Gasteiger partial charge is 0.480 e. The van der Waals surface area contributed by atoms with Gasteiger partial charge in [0.2, 0.25) is 0 Å². The average molecular weight is 325 g/mol. The number of amides is 1. The fourth-order valence-corrected chi connectivity index (χ4v) is 2.68. The third-order valence-electron chi connectivity index (χ3n) is 4.20. The van der Waals surface area contributed by atoms with Crippen molar-refractivity contribution in [1.82, 2.24) is 5.32 Å². The lowest BCUT2D eigenvalue weighted by Gasteiger charge is -2.23. The Hall–Kier alpha value is -2.29. The molecular weight excluding hydrogens is 298 g/mol. The summed E-state index contributed by atoms with van der Waals surface area (Å²) in [5, 5.41) is 3.12. The minimum Gasteiger partial charge on any atom is -0.480 e. The van der Waals surface area contributed by atoms with Gasteiger partial charge in [0.1, 0.15) is 5.75 Å². The molecule has 0 unspecified atom stereocenters. The lowest BCUT2D eigenvalue weighted by Crippen LogP contribution is -2.40. The van der Waals surface area contributed by atoms with E-state index < -0.39 is 6.10 Å². The predicted molar refractivity (Wildman–Crippen MR) is 98.2 cm³/mol. The molecule has 0 aromatic heterocycles. The number of hydrogen-bond donors (Lipinski definition) is 1. The standard InChI is InChI=1S/C21H27NO2/c1-5-18(17-10-8-7-9-11-17)22-21(23)19(6-2)24-20-14-15(3)12-13-16(20)4/h7-14,18-19H,5-6H2,1-4H3,(H,22,23)/t18-,19+/m1/s1. The summed E-state index contributed by atoms with van der Waals surface area (Å²) < 4.78 is 6.01. The van der Waals surface area contributed by atoms with E-state index in [-0.39, 0.29) is 11.9 Å². The van der Waals surface area contributed by atoms with E-state index in [1.54, 1.807) is 0 Å². The third kappa shape index (κ3) is 4.60. The van der Waals surface area contributed by atoms with Crippen molar-refractivity contribution >= 4 is 5.91 Å². The van der Waals surface area contributed by atoms with Crippen molar-refractivity contribution in [2.75, 3.05) is 0 Å². The maximum Gasteiger partial charge on any atom is 0.261 e. The quantitative estimate of drug-likeness (QED) is 0.799. The molecule has 128 valence electrons. The zero-order chi connectivity index (χ0) is 17.5. The lowest BCUT2D eigenvalue weighted by molar-refractivity contribution is -0.129. The van der Waals surface area contributed by atoms with Gasteiger partial charge in [0.05, 0.1) is 6.04 Å². The molecule has 0 radical (unpaired) electrons. The van der Waals surface area contributed by atoms with Crippen LogP contribution in [-0.2, 0) is 4.79 Å².